The Morgan fingerprint density at radius 2 is 2.25 bits per heavy atom. The molecule has 0 aliphatic carbocycles. The first-order valence-electron chi connectivity index (χ1n) is 4.74. The molecular formula is C10H11N3O3. The maximum atomic E-state index is 11.9. The van der Waals surface area contributed by atoms with Crippen molar-refractivity contribution in [3.63, 3.8) is 0 Å². The van der Waals surface area contributed by atoms with Crippen molar-refractivity contribution in [2.45, 2.75) is 13.5 Å². The number of hydrogen-bond acceptors (Lipinski definition) is 4. The number of ether oxygens (including phenoxy) is 1. The van der Waals surface area contributed by atoms with Crippen molar-refractivity contribution in [2.24, 2.45) is 0 Å². The molecule has 16 heavy (non-hydrogen) atoms. The van der Waals surface area contributed by atoms with Crippen LogP contribution < -0.4 is 5.56 Å². The Bertz CT molecular complexity index is 597. The first-order chi connectivity index (χ1) is 7.61. The van der Waals surface area contributed by atoms with Crippen molar-refractivity contribution < 1.29 is 9.53 Å². The Morgan fingerprint density at radius 1 is 1.50 bits per heavy atom. The summed E-state index contributed by atoms with van der Waals surface area (Å²) in [6, 6.07) is 1.68. The van der Waals surface area contributed by atoms with Crippen LogP contribution in [-0.4, -0.2) is 27.3 Å². The van der Waals surface area contributed by atoms with Gasteiger partial charge in [0, 0.05) is 12.4 Å². The highest BCUT2D eigenvalue weighted by Gasteiger charge is 2.08. The fraction of sp³-hybridized carbons (Fsp3) is 0.300. The molecule has 2 aromatic heterocycles. The predicted molar refractivity (Wildman–Crippen MR) is 56.2 cm³/mol. The second kappa shape index (κ2) is 3.80. The van der Waals surface area contributed by atoms with E-state index in [0.717, 1.165) is 5.69 Å². The fourth-order valence-corrected chi connectivity index (χ4v) is 1.48. The SMILES string of the molecule is COC(=O)Cn1ccn2nc(C)cc2c1=O. The third kappa shape index (κ3) is 1.69. The van der Waals surface area contributed by atoms with E-state index in [2.05, 4.69) is 9.84 Å². The summed E-state index contributed by atoms with van der Waals surface area (Å²) >= 11 is 0. The Morgan fingerprint density at radius 3 is 2.94 bits per heavy atom. The van der Waals surface area contributed by atoms with Gasteiger partial charge in [-0.2, -0.15) is 5.10 Å². The molecule has 0 unspecified atom stereocenters. The van der Waals surface area contributed by atoms with E-state index in [4.69, 9.17) is 0 Å². The minimum Gasteiger partial charge on any atom is -0.468 e. The fourth-order valence-electron chi connectivity index (χ4n) is 1.48. The molecular weight excluding hydrogens is 210 g/mol. The second-order valence-electron chi connectivity index (χ2n) is 3.42. The number of aryl methyl sites for hydroxylation is 1. The molecule has 6 nitrogen and oxygen atoms in total. The van der Waals surface area contributed by atoms with Crippen molar-refractivity contribution in [3.8, 4) is 0 Å². The molecule has 0 aliphatic rings. The number of carbonyl (C=O) groups excluding carboxylic acids is 1. The maximum Gasteiger partial charge on any atom is 0.325 e. The van der Waals surface area contributed by atoms with Crippen LogP contribution in [0.1, 0.15) is 5.69 Å². The van der Waals surface area contributed by atoms with Gasteiger partial charge in [-0.05, 0) is 13.0 Å². The van der Waals surface area contributed by atoms with Crippen LogP contribution in [0, 0.1) is 6.92 Å². The predicted octanol–water partition coefficient (Wildman–Crippen LogP) is -0.0226. The van der Waals surface area contributed by atoms with E-state index < -0.39 is 5.97 Å². The molecule has 2 rings (SSSR count). The van der Waals surface area contributed by atoms with Gasteiger partial charge in [-0.1, -0.05) is 0 Å². The third-order valence-corrected chi connectivity index (χ3v) is 2.25. The lowest BCUT2D eigenvalue weighted by molar-refractivity contribution is -0.141. The van der Waals surface area contributed by atoms with Crippen LogP contribution >= 0.6 is 0 Å². The first-order valence-corrected chi connectivity index (χ1v) is 4.74. The summed E-state index contributed by atoms with van der Waals surface area (Å²) in [7, 11) is 1.29. The summed E-state index contributed by atoms with van der Waals surface area (Å²) in [5.74, 6) is -0.456. The summed E-state index contributed by atoms with van der Waals surface area (Å²) < 4.78 is 7.29. The van der Waals surface area contributed by atoms with Gasteiger partial charge in [0.2, 0.25) is 0 Å². The average Bonchev–Trinajstić information content (AvgIpc) is 2.64. The number of fused-ring (bicyclic) bond motifs is 1. The van der Waals surface area contributed by atoms with Crippen LogP contribution in [0.4, 0.5) is 0 Å². The third-order valence-electron chi connectivity index (χ3n) is 2.25. The molecule has 2 aromatic rings. The summed E-state index contributed by atoms with van der Waals surface area (Å²) in [4.78, 5) is 23.0. The van der Waals surface area contributed by atoms with Crippen molar-refractivity contribution in [2.75, 3.05) is 7.11 Å². The van der Waals surface area contributed by atoms with Crippen LogP contribution in [0.5, 0.6) is 0 Å². The molecule has 0 radical (unpaired) electrons. The molecule has 0 saturated heterocycles. The van der Waals surface area contributed by atoms with Crippen molar-refractivity contribution in [1.82, 2.24) is 14.2 Å². The quantitative estimate of drug-likeness (QED) is 0.668. The van der Waals surface area contributed by atoms with Crippen LogP contribution in [-0.2, 0) is 16.1 Å². The minimum atomic E-state index is -0.456. The van der Waals surface area contributed by atoms with Gasteiger partial charge in [-0.15, -0.1) is 0 Å². The van der Waals surface area contributed by atoms with Crippen LogP contribution in [0.15, 0.2) is 23.3 Å². The molecule has 0 saturated carbocycles. The Kier molecular flexibility index (Phi) is 2.47. The van der Waals surface area contributed by atoms with E-state index in [1.165, 1.54) is 22.4 Å². The van der Waals surface area contributed by atoms with Crippen LogP contribution in [0.2, 0.25) is 0 Å². The molecule has 2 heterocycles. The largest absolute Gasteiger partial charge is 0.468 e. The summed E-state index contributed by atoms with van der Waals surface area (Å²) in [5, 5.41) is 4.10. The highest BCUT2D eigenvalue weighted by molar-refractivity contribution is 5.69. The lowest BCUT2D eigenvalue weighted by atomic mass is 10.4. The van der Waals surface area contributed by atoms with E-state index in [0.29, 0.717) is 5.52 Å². The average molecular weight is 221 g/mol. The highest BCUT2D eigenvalue weighted by Crippen LogP contribution is 1.99. The zero-order valence-electron chi connectivity index (χ0n) is 9.01. The summed E-state index contributed by atoms with van der Waals surface area (Å²) in [5.41, 5.74) is 0.949. The number of carbonyl (C=O) groups is 1. The van der Waals surface area contributed by atoms with Gasteiger partial charge in [0.05, 0.1) is 12.8 Å². The van der Waals surface area contributed by atoms with Crippen molar-refractivity contribution in [1.29, 1.82) is 0 Å². The van der Waals surface area contributed by atoms with Gasteiger partial charge in [0.25, 0.3) is 5.56 Å². The number of rotatable bonds is 2. The Hall–Kier alpha value is -2.11. The smallest absolute Gasteiger partial charge is 0.325 e. The number of aromatic nitrogens is 3. The molecule has 0 bridgehead atoms. The van der Waals surface area contributed by atoms with E-state index in [-0.39, 0.29) is 12.1 Å². The topological polar surface area (TPSA) is 65.6 Å². The molecule has 0 N–H and O–H groups in total. The molecule has 0 atom stereocenters. The van der Waals surface area contributed by atoms with E-state index in [9.17, 15) is 9.59 Å². The lowest BCUT2D eigenvalue weighted by Gasteiger charge is -2.03. The van der Waals surface area contributed by atoms with E-state index >= 15 is 0 Å². The second-order valence-corrected chi connectivity index (χ2v) is 3.42. The molecule has 0 fully saturated rings. The standard InChI is InChI=1S/C10H11N3O3/c1-7-5-8-10(15)12(6-9(14)16-2)3-4-13(8)11-7/h3-5H,6H2,1-2H3. The van der Waals surface area contributed by atoms with Crippen molar-refractivity contribution in [3.05, 3.63) is 34.5 Å². The van der Waals surface area contributed by atoms with Crippen molar-refractivity contribution >= 4 is 11.5 Å². The molecule has 0 aliphatic heterocycles. The zero-order valence-corrected chi connectivity index (χ0v) is 9.01. The number of hydrogen-bond donors (Lipinski definition) is 0. The molecule has 6 heteroatoms. The summed E-state index contributed by atoms with van der Waals surface area (Å²) in [6.07, 6.45) is 3.14. The molecule has 0 spiro atoms. The normalized spacial score (nSPS) is 10.6. The van der Waals surface area contributed by atoms with Gasteiger partial charge < -0.3 is 9.30 Å². The summed E-state index contributed by atoms with van der Waals surface area (Å²) in [6.45, 7) is 1.72. The van der Waals surface area contributed by atoms with Gasteiger partial charge in [0.15, 0.2) is 0 Å². The number of methoxy groups -OCH3 is 1. The molecule has 0 aromatic carbocycles. The van der Waals surface area contributed by atoms with Gasteiger partial charge in [-0.3, -0.25) is 9.59 Å². The van der Waals surface area contributed by atoms with E-state index in [1.807, 2.05) is 0 Å². The van der Waals surface area contributed by atoms with E-state index in [1.54, 1.807) is 19.2 Å². The van der Waals surface area contributed by atoms with Gasteiger partial charge in [0.1, 0.15) is 12.1 Å². The highest BCUT2D eigenvalue weighted by atomic mass is 16.5. The van der Waals surface area contributed by atoms with Gasteiger partial charge in [-0.25, -0.2) is 4.52 Å². The zero-order chi connectivity index (χ0) is 11.7. The minimum absolute atomic E-state index is 0.0872. The monoisotopic (exact) mass is 221 g/mol. The number of nitrogens with zero attached hydrogens (tertiary/aromatic N) is 3. The molecule has 84 valence electrons. The Labute approximate surface area is 91.1 Å². The first kappa shape index (κ1) is 10.4. The van der Waals surface area contributed by atoms with Crippen LogP contribution in [0.25, 0.3) is 5.52 Å². The Balaban J connectivity index is 2.52. The van der Waals surface area contributed by atoms with Gasteiger partial charge >= 0.3 is 5.97 Å². The number of esters is 1. The maximum absolute atomic E-state index is 11.9. The van der Waals surface area contributed by atoms with Crippen LogP contribution in [0.3, 0.4) is 0 Å². The molecule has 0 amide bonds. The lowest BCUT2D eigenvalue weighted by Crippen LogP contribution is -2.25.